The summed E-state index contributed by atoms with van der Waals surface area (Å²) in [6.45, 7) is -0.0329. The van der Waals surface area contributed by atoms with E-state index >= 15 is 0 Å². The molecule has 1 aromatic rings. The maximum atomic E-state index is 11.2. The number of nitrogen functional groups attached to an aromatic ring is 1. The molecule has 0 aliphatic heterocycles. The minimum absolute atomic E-state index is 0.0329. The van der Waals surface area contributed by atoms with Gasteiger partial charge in [-0.2, -0.15) is 0 Å². The molecular formula is C7H8N4O4. The summed E-state index contributed by atoms with van der Waals surface area (Å²) < 4.78 is -0.376. The summed E-state index contributed by atoms with van der Waals surface area (Å²) >= 11 is 0. The van der Waals surface area contributed by atoms with Crippen LogP contribution < -0.4 is 22.7 Å². The fourth-order valence-electron chi connectivity index (χ4n) is 0.858. The summed E-state index contributed by atoms with van der Waals surface area (Å²) in [5.74, 6) is 4.00. The summed E-state index contributed by atoms with van der Waals surface area (Å²) in [7, 11) is 0. The van der Waals surface area contributed by atoms with E-state index < -0.39 is 22.6 Å². The van der Waals surface area contributed by atoms with Crippen LogP contribution in [-0.4, -0.2) is 26.4 Å². The lowest BCUT2D eigenvalue weighted by molar-refractivity contribution is 0.105. The summed E-state index contributed by atoms with van der Waals surface area (Å²) in [6, 6.07) is 0. The minimum Gasteiger partial charge on any atom is -0.422 e. The van der Waals surface area contributed by atoms with Crippen molar-refractivity contribution >= 4 is 5.82 Å². The lowest BCUT2D eigenvalue weighted by Gasteiger charge is -2.04. The fraction of sp³-hybridized carbons (Fsp3) is 0.143. The largest absolute Gasteiger partial charge is 0.422 e. The number of rotatable bonds is 0. The van der Waals surface area contributed by atoms with Gasteiger partial charge in [0.15, 0.2) is 5.82 Å². The molecule has 8 heteroatoms. The predicted molar refractivity (Wildman–Crippen MR) is 49.7 cm³/mol. The number of nitrogens with zero attached hydrogens (tertiary/aromatic N) is 2. The topological polar surface area (TPSA) is 137 Å². The van der Waals surface area contributed by atoms with Crippen LogP contribution in [0.2, 0.25) is 0 Å². The van der Waals surface area contributed by atoms with E-state index in [0.29, 0.717) is 0 Å². The fourth-order valence-corrected chi connectivity index (χ4v) is 0.858. The molecule has 0 aliphatic rings. The Labute approximate surface area is 82.9 Å². The van der Waals surface area contributed by atoms with E-state index in [4.69, 9.17) is 21.9 Å². The highest BCUT2D eigenvalue weighted by atomic mass is 16.5. The van der Waals surface area contributed by atoms with Gasteiger partial charge in [-0.1, -0.05) is 16.6 Å². The number of anilines is 1. The van der Waals surface area contributed by atoms with E-state index in [1.165, 1.54) is 0 Å². The lowest BCUT2D eigenvalue weighted by Crippen LogP contribution is -2.40. The van der Waals surface area contributed by atoms with Crippen molar-refractivity contribution in [1.29, 1.82) is 0 Å². The van der Waals surface area contributed by atoms with E-state index in [1.807, 2.05) is 0 Å². The van der Waals surface area contributed by atoms with Gasteiger partial charge >= 0.3 is 11.2 Å². The molecule has 8 nitrogen and oxygen atoms in total. The molecule has 0 unspecified atom stereocenters. The Balaban J connectivity index is 3.68. The van der Waals surface area contributed by atoms with Gasteiger partial charge in [0.25, 0.3) is 0 Å². The van der Waals surface area contributed by atoms with Crippen LogP contribution in [0.25, 0.3) is 0 Å². The van der Waals surface area contributed by atoms with Gasteiger partial charge < -0.3 is 21.9 Å². The van der Waals surface area contributed by atoms with Crippen molar-refractivity contribution in [2.75, 3.05) is 12.3 Å². The molecule has 1 aromatic heterocycles. The van der Waals surface area contributed by atoms with Crippen molar-refractivity contribution in [1.82, 2.24) is 9.46 Å². The van der Waals surface area contributed by atoms with Crippen molar-refractivity contribution < 1.29 is 10.4 Å². The van der Waals surface area contributed by atoms with Crippen molar-refractivity contribution in [2.24, 2.45) is 5.73 Å². The van der Waals surface area contributed by atoms with E-state index in [1.54, 1.807) is 0 Å². The molecule has 1 heterocycles. The molecule has 0 atom stereocenters. The molecule has 0 aromatic carbocycles. The highest BCUT2D eigenvalue weighted by Gasteiger charge is 2.14. The zero-order valence-corrected chi connectivity index (χ0v) is 7.47. The van der Waals surface area contributed by atoms with Crippen LogP contribution in [0.15, 0.2) is 9.59 Å². The van der Waals surface area contributed by atoms with Crippen LogP contribution in [0.1, 0.15) is 5.56 Å². The third kappa shape index (κ3) is 1.63. The molecule has 0 radical (unpaired) electrons. The first kappa shape index (κ1) is 10.7. The molecular weight excluding hydrogens is 204 g/mol. The predicted octanol–water partition coefficient (Wildman–Crippen LogP) is -2.62. The Morgan fingerprint density at radius 2 is 1.87 bits per heavy atom. The van der Waals surface area contributed by atoms with Gasteiger partial charge in [-0.05, 0) is 0 Å². The lowest BCUT2D eigenvalue weighted by atomic mass is 10.3. The first-order valence-electron chi connectivity index (χ1n) is 3.75. The molecule has 0 fully saturated rings. The van der Waals surface area contributed by atoms with Crippen LogP contribution in [-0.2, 0) is 0 Å². The van der Waals surface area contributed by atoms with Gasteiger partial charge in [-0.15, -0.1) is 4.73 Å². The summed E-state index contributed by atoms with van der Waals surface area (Å²) in [4.78, 5) is 22.1. The smallest absolute Gasteiger partial charge is 0.399 e. The molecule has 1 rings (SSSR count). The highest BCUT2D eigenvalue weighted by Crippen LogP contribution is 1.98. The van der Waals surface area contributed by atoms with Crippen molar-refractivity contribution in [3.05, 3.63) is 26.4 Å². The number of nitrogens with two attached hydrogens (primary N) is 2. The van der Waals surface area contributed by atoms with Gasteiger partial charge in [-0.3, -0.25) is 4.79 Å². The van der Waals surface area contributed by atoms with Crippen molar-refractivity contribution in [3.63, 3.8) is 0 Å². The number of hydrogen-bond donors (Lipinski definition) is 4. The number of aromatic nitrogens is 2. The Bertz CT molecular complexity index is 559. The molecule has 0 saturated heterocycles. The van der Waals surface area contributed by atoms with Crippen LogP contribution in [0.3, 0.4) is 0 Å². The Kier molecular flexibility index (Phi) is 2.68. The van der Waals surface area contributed by atoms with Crippen LogP contribution in [0.4, 0.5) is 5.82 Å². The average molecular weight is 212 g/mol. The van der Waals surface area contributed by atoms with Gasteiger partial charge in [0.2, 0.25) is 0 Å². The maximum absolute atomic E-state index is 11.2. The van der Waals surface area contributed by atoms with Gasteiger partial charge in [0.1, 0.15) is 5.56 Å². The second-order valence-corrected chi connectivity index (χ2v) is 2.48. The Morgan fingerprint density at radius 1 is 1.27 bits per heavy atom. The molecule has 15 heavy (non-hydrogen) atoms. The minimum atomic E-state index is -1.37. The van der Waals surface area contributed by atoms with Crippen molar-refractivity contribution in [3.8, 4) is 11.8 Å². The molecule has 80 valence electrons. The van der Waals surface area contributed by atoms with Gasteiger partial charge in [0, 0.05) is 0 Å². The van der Waals surface area contributed by atoms with Gasteiger partial charge in [-0.25, -0.2) is 4.79 Å². The Hall–Kier alpha value is -2.40. The van der Waals surface area contributed by atoms with Gasteiger partial charge in [0.05, 0.1) is 6.54 Å². The molecule has 0 saturated carbocycles. The standard InChI is InChI=1S/C7H8N4O4/c8-3-1-2-4-5(9)10(14)7(13)11(15)6(4)12/h14-15H,3,8-9H2. The molecule has 0 amide bonds. The Morgan fingerprint density at radius 3 is 2.40 bits per heavy atom. The maximum Gasteiger partial charge on any atom is 0.399 e. The third-order valence-corrected chi connectivity index (χ3v) is 1.57. The quantitative estimate of drug-likeness (QED) is 0.274. The zero-order chi connectivity index (χ0) is 11.6. The first-order valence-corrected chi connectivity index (χ1v) is 3.75. The average Bonchev–Trinajstić information content (AvgIpc) is 2.24. The van der Waals surface area contributed by atoms with E-state index in [-0.39, 0.29) is 16.0 Å². The molecule has 0 bridgehead atoms. The SMILES string of the molecule is NCC#Cc1c(N)n(O)c(=O)n(O)c1=O. The van der Waals surface area contributed by atoms with E-state index in [2.05, 4.69) is 11.8 Å². The summed E-state index contributed by atoms with van der Waals surface area (Å²) in [5.41, 5.74) is 7.43. The summed E-state index contributed by atoms with van der Waals surface area (Å²) in [5, 5.41) is 18.0. The zero-order valence-electron chi connectivity index (χ0n) is 7.47. The second-order valence-electron chi connectivity index (χ2n) is 2.48. The summed E-state index contributed by atoms with van der Waals surface area (Å²) in [6.07, 6.45) is 0. The van der Waals surface area contributed by atoms with E-state index in [9.17, 15) is 9.59 Å². The monoisotopic (exact) mass is 212 g/mol. The third-order valence-electron chi connectivity index (χ3n) is 1.57. The number of hydrogen-bond acceptors (Lipinski definition) is 6. The molecule has 0 aliphatic carbocycles. The molecule has 6 N–H and O–H groups in total. The molecule has 0 spiro atoms. The first-order chi connectivity index (χ1) is 7.00. The normalized spacial score (nSPS) is 9.40. The second kappa shape index (κ2) is 3.77. The van der Waals surface area contributed by atoms with Crippen molar-refractivity contribution in [2.45, 2.75) is 0 Å². The van der Waals surface area contributed by atoms with E-state index in [0.717, 1.165) is 0 Å². The van der Waals surface area contributed by atoms with Crippen LogP contribution in [0.5, 0.6) is 0 Å². The highest BCUT2D eigenvalue weighted by molar-refractivity contribution is 5.49. The van der Waals surface area contributed by atoms with Crippen LogP contribution in [0, 0.1) is 11.8 Å². The van der Waals surface area contributed by atoms with Crippen LogP contribution >= 0.6 is 0 Å².